The second-order valence-corrected chi connectivity index (χ2v) is 6.34. The first-order valence-corrected chi connectivity index (χ1v) is 8.68. The standard InChI is InChI=1S/C17H11BrF2N6O3/c18-11-4-2-1-3-10(11)17(27)25-24-16-14(26(28)29)15(21-8-22-16)23-9-5-6-12(19)13(20)7-9/h1-8H,(H,25,27)(H2,21,22,23,24). The second-order valence-electron chi connectivity index (χ2n) is 5.49. The molecule has 2 aromatic carbocycles. The van der Waals surface area contributed by atoms with Gasteiger partial charge < -0.3 is 5.32 Å². The molecule has 3 N–H and O–H groups in total. The van der Waals surface area contributed by atoms with Crippen molar-refractivity contribution in [2.24, 2.45) is 0 Å². The van der Waals surface area contributed by atoms with Gasteiger partial charge in [0.1, 0.15) is 6.33 Å². The molecule has 0 aliphatic heterocycles. The molecule has 3 rings (SSSR count). The van der Waals surface area contributed by atoms with Gasteiger partial charge in [0.25, 0.3) is 5.91 Å². The number of nitro groups is 1. The summed E-state index contributed by atoms with van der Waals surface area (Å²) in [7, 11) is 0. The van der Waals surface area contributed by atoms with Crippen molar-refractivity contribution in [1.29, 1.82) is 0 Å². The van der Waals surface area contributed by atoms with Gasteiger partial charge in [0.2, 0.25) is 11.6 Å². The summed E-state index contributed by atoms with van der Waals surface area (Å²) in [5.41, 5.74) is 4.41. The van der Waals surface area contributed by atoms with E-state index < -0.39 is 28.2 Å². The van der Waals surface area contributed by atoms with Crippen LogP contribution in [0.1, 0.15) is 10.4 Å². The Kier molecular flexibility index (Phi) is 5.93. The Morgan fingerprint density at radius 3 is 2.48 bits per heavy atom. The van der Waals surface area contributed by atoms with Crippen LogP contribution in [0.3, 0.4) is 0 Å². The topological polar surface area (TPSA) is 122 Å². The zero-order valence-corrected chi connectivity index (χ0v) is 15.9. The first-order chi connectivity index (χ1) is 13.9. The average molecular weight is 465 g/mol. The van der Waals surface area contributed by atoms with Crippen LogP contribution in [0.2, 0.25) is 0 Å². The minimum absolute atomic E-state index is 0.0360. The van der Waals surface area contributed by atoms with Crippen molar-refractivity contribution in [3.63, 3.8) is 0 Å². The molecule has 29 heavy (non-hydrogen) atoms. The van der Waals surface area contributed by atoms with Crippen LogP contribution in [0.15, 0.2) is 53.3 Å². The van der Waals surface area contributed by atoms with E-state index in [1.807, 2.05) is 0 Å². The van der Waals surface area contributed by atoms with E-state index in [4.69, 9.17) is 0 Å². The molecule has 0 aliphatic rings. The Balaban J connectivity index is 1.85. The van der Waals surface area contributed by atoms with E-state index in [1.54, 1.807) is 24.3 Å². The molecule has 0 aliphatic carbocycles. The van der Waals surface area contributed by atoms with Gasteiger partial charge >= 0.3 is 5.69 Å². The number of anilines is 3. The number of amides is 1. The average Bonchev–Trinajstić information content (AvgIpc) is 2.69. The monoisotopic (exact) mass is 464 g/mol. The summed E-state index contributed by atoms with van der Waals surface area (Å²) < 4.78 is 27.0. The Morgan fingerprint density at radius 2 is 1.79 bits per heavy atom. The fourth-order valence-electron chi connectivity index (χ4n) is 2.27. The van der Waals surface area contributed by atoms with Crippen molar-refractivity contribution in [3.05, 3.63) is 80.6 Å². The molecule has 0 saturated heterocycles. The maximum absolute atomic E-state index is 13.4. The fourth-order valence-corrected chi connectivity index (χ4v) is 2.74. The van der Waals surface area contributed by atoms with Crippen LogP contribution in [-0.2, 0) is 0 Å². The number of hydrogen-bond donors (Lipinski definition) is 3. The minimum Gasteiger partial charge on any atom is -0.334 e. The highest BCUT2D eigenvalue weighted by Crippen LogP contribution is 2.31. The molecule has 0 bridgehead atoms. The molecule has 0 unspecified atom stereocenters. The van der Waals surface area contributed by atoms with E-state index in [9.17, 15) is 23.7 Å². The summed E-state index contributed by atoms with van der Waals surface area (Å²) in [6.07, 6.45) is 1.00. The van der Waals surface area contributed by atoms with Gasteiger partial charge in [0.15, 0.2) is 11.6 Å². The lowest BCUT2D eigenvalue weighted by Crippen LogP contribution is -2.30. The second kappa shape index (κ2) is 8.56. The number of nitrogens with zero attached hydrogens (tertiary/aromatic N) is 3. The lowest BCUT2D eigenvalue weighted by molar-refractivity contribution is -0.383. The lowest BCUT2D eigenvalue weighted by Gasteiger charge is -2.11. The van der Waals surface area contributed by atoms with Crippen molar-refractivity contribution >= 4 is 44.8 Å². The maximum atomic E-state index is 13.4. The van der Waals surface area contributed by atoms with Gasteiger partial charge in [-0.2, -0.15) is 0 Å². The zero-order valence-electron chi connectivity index (χ0n) is 14.3. The molecule has 0 saturated carbocycles. The summed E-state index contributed by atoms with van der Waals surface area (Å²) in [5.74, 6) is -3.36. The number of nitrogens with one attached hydrogen (secondary N) is 3. The van der Waals surface area contributed by atoms with Crippen LogP contribution in [0.25, 0.3) is 0 Å². The van der Waals surface area contributed by atoms with Crippen molar-refractivity contribution in [2.75, 3.05) is 10.7 Å². The van der Waals surface area contributed by atoms with E-state index in [0.717, 1.165) is 18.5 Å². The Bertz CT molecular complexity index is 1100. The van der Waals surface area contributed by atoms with E-state index in [-0.39, 0.29) is 22.9 Å². The number of carbonyl (C=O) groups excluding carboxylic acids is 1. The van der Waals surface area contributed by atoms with E-state index in [1.165, 1.54) is 6.07 Å². The molecule has 3 aromatic rings. The number of rotatable bonds is 6. The molecule has 1 amide bonds. The largest absolute Gasteiger partial charge is 0.355 e. The number of hydrogen-bond acceptors (Lipinski definition) is 7. The summed E-state index contributed by atoms with van der Waals surface area (Å²) in [6, 6.07) is 9.45. The van der Waals surface area contributed by atoms with Crippen LogP contribution in [0.4, 0.5) is 31.8 Å². The number of hydrazine groups is 1. The maximum Gasteiger partial charge on any atom is 0.355 e. The predicted octanol–water partition coefficient (Wildman–Crippen LogP) is 3.93. The van der Waals surface area contributed by atoms with Crippen LogP contribution >= 0.6 is 15.9 Å². The zero-order chi connectivity index (χ0) is 21.0. The lowest BCUT2D eigenvalue weighted by atomic mass is 10.2. The van der Waals surface area contributed by atoms with Gasteiger partial charge in [0.05, 0.1) is 10.5 Å². The number of halogens is 3. The third kappa shape index (κ3) is 4.60. The van der Waals surface area contributed by atoms with E-state index >= 15 is 0 Å². The number of aromatic nitrogens is 2. The molecule has 1 aromatic heterocycles. The van der Waals surface area contributed by atoms with E-state index in [0.29, 0.717) is 4.47 Å². The molecule has 12 heteroatoms. The molecule has 0 spiro atoms. The van der Waals surface area contributed by atoms with Gasteiger partial charge in [-0.25, -0.2) is 18.7 Å². The summed E-state index contributed by atoms with van der Waals surface area (Å²) in [6.45, 7) is 0. The smallest absolute Gasteiger partial charge is 0.334 e. The predicted molar refractivity (Wildman–Crippen MR) is 104 cm³/mol. The van der Waals surface area contributed by atoms with Gasteiger partial charge in [-0.05, 0) is 40.2 Å². The van der Waals surface area contributed by atoms with Crippen LogP contribution in [0.5, 0.6) is 0 Å². The highest BCUT2D eigenvalue weighted by atomic mass is 79.9. The molecule has 0 fully saturated rings. The molecule has 9 nitrogen and oxygen atoms in total. The summed E-state index contributed by atoms with van der Waals surface area (Å²) >= 11 is 3.23. The number of carbonyl (C=O) groups is 1. The van der Waals surface area contributed by atoms with Crippen LogP contribution in [-0.4, -0.2) is 20.8 Å². The van der Waals surface area contributed by atoms with Crippen molar-refractivity contribution in [3.8, 4) is 0 Å². The van der Waals surface area contributed by atoms with Crippen molar-refractivity contribution < 1.29 is 18.5 Å². The van der Waals surface area contributed by atoms with Crippen molar-refractivity contribution in [1.82, 2.24) is 15.4 Å². The Hall–Kier alpha value is -3.67. The van der Waals surface area contributed by atoms with Gasteiger partial charge in [-0.1, -0.05) is 12.1 Å². The third-order valence-corrected chi connectivity index (χ3v) is 4.29. The molecular formula is C17H11BrF2N6O3. The molecule has 1 heterocycles. The van der Waals surface area contributed by atoms with Crippen LogP contribution in [0, 0.1) is 21.7 Å². The third-order valence-electron chi connectivity index (χ3n) is 3.60. The molecule has 0 radical (unpaired) electrons. The number of benzene rings is 2. The van der Waals surface area contributed by atoms with Crippen LogP contribution < -0.4 is 16.2 Å². The molecule has 148 valence electrons. The summed E-state index contributed by atoms with van der Waals surface area (Å²) in [4.78, 5) is 30.5. The summed E-state index contributed by atoms with van der Waals surface area (Å²) in [5, 5.41) is 14.0. The Labute approximate surface area is 170 Å². The fraction of sp³-hybridized carbons (Fsp3) is 0. The SMILES string of the molecule is O=C(NNc1ncnc(Nc2ccc(F)c(F)c2)c1[N+](=O)[O-])c1ccccc1Br. The Morgan fingerprint density at radius 1 is 1.07 bits per heavy atom. The van der Waals surface area contributed by atoms with Gasteiger partial charge in [-0.15, -0.1) is 0 Å². The highest BCUT2D eigenvalue weighted by Gasteiger charge is 2.24. The first-order valence-electron chi connectivity index (χ1n) is 7.89. The molecule has 0 atom stereocenters. The van der Waals surface area contributed by atoms with Crippen molar-refractivity contribution in [2.45, 2.75) is 0 Å². The quantitative estimate of drug-likeness (QED) is 0.373. The highest BCUT2D eigenvalue weighted by molar-refractivity contribution is 9.10. The normalized spacial score (nSPS) is 10.3. The first kappa shape index (κ1) is 20.1. The van der Waals surface area contributed by atoms with Gasteiger partial charge in [-0.3, -0.25) is 25.8 Å². The minimum atomic E-state index is -1.13. The molecular weight excluding hydrogens is 454 g/mol. The van der Waals surface area contributed by atoms with Gasteiger partial charge in [0, 0.05) is 16.2 Å². The van der Waals surface area contributed by atoms with E-state index in [2.05, 4.69) is 42.1 Å².